The predicted molar refractivity (Wildman–Crippen MR) is 96.2 cm³/mol. The zero-order valence-corrected chi connectivity index (χ0v) is 13.8. The second-order valence-electron chi connectivity index (χ2n) is 5.96. The zero-order chi connectivity index (χ0) is 17.6. The van der Waals surface area contributed by atoms with Crippen LogP contribution in [0.15, 0.2) is 42.5 Å². The van der Waals surface area contributed by atoms with Crippen molar-refractivity contribution in [3.05, 3.63) is 69.3 Å². The fourth-order valence-electron chi connectivity index (χ4n) is 2.73. The van der Waals surface area contributed by atoms with E-state index in [2.05, 4.69) is 17.0 Å². The fourth-order valence-corrected chi connectivity index (χ4v) is 2.73. The molecule has 1 fully saturated rings. The minimum Gasteiger partial charge on any atom is -0.507 e. The van der Waals surface area contributed by atoms with Crippen LogP contribution in [0.2, 0.25) is 0 Å². The van der Waals surface area contributed by atoms with Crippen LogP contribution in [0, 0.1) is 10.1 Å². The Kier molecular flexibility index (Phi) is 5.42. The molecule has 1 aliphatic rings. The Morgan fingerprint density at radius 3 is 2.52 bits per heavy atom. The molecule has 0 unspecified atom stereocenters. The Morgan fingerprint density at radius 2 is 1.84 bits per heavy atom. The molecule has 6 nitrogen and oxygen atoms in total. The number of phenols is 1. The summed E-state index contributed by atoms with van der Waals surface area (Å²) in [4.78, 5) is 12.7. The largest absolute Gasteiger partial charge is 0.507 e. The van der Waals surface area contributed by atoms with Crippen LogP contribution in [0.3, 0.4) is 0 Å². The van der Waals surface area contributed by atoms with Crippen LogP contribution in [-0.4, -0.2) is 41.2 Å². The van der Waals surface area contributed by atoms with E-state index in [1.54, 1.807) is 6.08 Å². The van der Waals surface area contributed by atoms with E-state index in [4.69, 9.17) is 4.74 Å². The van der Waals surface area contributed by atoms with E-state index in [1.165, 1.54) is 23.8 Å². The molecule has 0 bridgehead atoms. The summed E-state index contributed by atoms with van der Waals surface area (Å²) in [7, 11) is 0. The number of non-ortho nitro benzene ring substituents is 1. The molecule has 0 amide bonds. The van der Waals surface area contributed by atoms with Crippen LogP contribution in [-0.2, 0) is 11.3 Å². The number of hydrogen-bond donors (Lipinski definition) is 1. The number of morpholine rings is 1. The van der Waals surface area contributed by atoms with Gasteiger partial charge in [0.25, 0.3) is 5.69 Å². The Balaban J connectivity index is 1.67. The number of nitro benzene ring substituents is 1. The maximum atomic E-state index is 10.8. The van der Waals surface area contributed by atoms with Crippen LogP contribution in [0.4, 0.5) is 5.69 Å². The van der Waals surface area contributed by atoms with Gasteiger partial charge in [-0.2, -0.15) is 0 Å². The Bertz CT molecular complexity index is 765. The molecule has 1 heterocycles. The van der Waals surface area contributed by atoms with Crippen molar-refractivity contribution in [2.24, 2.45) is 0 Å². The standard InChI is InChI=1S/C19H20N2O4/c22-19-8-7-18(21(23)24)13-17(19)6-5-15-1-3-16(4-2-15)14-20-9-11-25-12-10-20/h1-8,13,22H,9-12,14H2/b6-5+. The highest BCUT2D eigenvalue weighted by atomic mass is 16.6. The van der Waals surface area contributed by atoms with E-state index in [-0.39, 0.29) is 11.4 Å². The second-order valence-corrected chi connectivity index (χ2v) is 5.96. The van der Waals surface area contributed by atoms with Crippen LogP contribution < -0.4 is 0 Å². The Labute approximate surface area is 146 Å². The van der Waals surface area contributed by atoms with E-state index < -0.39 is 4.92 Å². The van der Waals surface area contributed by atoms with Crippen molar-refractivity contribution in [3.8, 4) is 5.75 Å². The van der Waals surface area contributed by atoms with Gasteiger partial charge in [-0.05, 0) is 17.2 Å². The predicted octanol–water partition coefficient (Wildman–Crippen LogP) is 3.30. The average molecular weight is 340 g/mol. The third kappa shape index (κ3) is 4.65. The molecule has 2 aromatic rings. The highest BCUT2D eigenvalue weighted by Gasteiger charge is 2.10. The number of benzene rings is 2. The van der Waals surface area contributed by atoms with Gasteiger partial charge in [0.1, 0.15) is 5.75 Å². The summed E-state index contributed by atoms with van der Waals surface area (Å²) in [6.07, 6.45) is 3.51. The SMILES string of the molecule is O=[N+]([O-])c1ccc(O)c(/C=C/c2ccc(CN3CCOCC3)cc2)c1. The number of hydrogen-bond acceptors (Lipinski definition) is 5. The van der Waals surface area contributed by atoms with Gasteiger partial charge >= 0.3 is 0 Å². The molecule has 1 aliphatic heterocycles. The monoisotopic (exact) mass is 340 g/mol. The summed E-state index contributed by atoms with van der Waals surface area (Å²) in [6, 6.07) is 12.1. The first-order valence-electron chi connectivity index (χ1n) is 8.16. The molecule has 0 aromatic heterocycles. The van der Waals surface area contributed by atoms with Crippen molar-refractivity contribution in [1.82, 2.24) is 4.90 Å². The number of rotatable bonds is 5. The molecular weight excluding hydrogens is 320 g/mol. The first kappa shape index (κ1) is 17.1. The maximum Gasteiger partial charge on any atom is 0.270 e. The number of ether oxygens (including phenoxy) is 1. The van der Waals surface area contributed by atoms with Gasteiger partial charge in [-0.15, -0.1) is 0 Å². The molecule has 0 saturated carbocycles. The van der Waals surface area contributed by atoms with Crippen LogP contribution in [0.1, 0.15) is 16.7 Å². The lowest BCUT2D eigenvalue weighted by molar-refractivity contribution is -0.384. The van der Waals surface area contributed by atoms with Gasteiger partial charge in [-0.3, -0.25) is 15.0 Å². The molecule has 0 aliphatic carbocycles. The molecule has 0 radical (unpaired) electrons. The van der Waals surface area contributed by atoms with Crippen molar-refractivity contribution in [3.63, 3.8) is 0 Å². The molecule has 130 valence electrons. The summed E-state index contributed by atoms with van der Waals surface area (Å²) >= 11 is 0. The van der Waals surface area contributed by atoms with Gasteiger partial charge < -0.3 is 9.84 Å². The van der Waals surface area contributed by atoms with Crippen molar-refractivity contribution >= 4 is 17.8 Å². The smallest absolute Gasteiger partial charge is 0.270 e. The van der Waals surface area contributed by atoms with Gasteiger partial charge in [0.05, 0.1) is 18.1 Å². The highest BCUT2D eigenvalue weighted by Crippen LogP contribution is 2.25. The first-order chi connectivity index (χ1) is 12.1. The molecule has 3 rings (SSSR count). The number of phenolic OH excluding ortho intramolecular Hbond substituents is 1. The lowest BCUT2D eigenvalue weighted by atomic mass is 10.1. The van der Waals surface area contributed by atoms with E-state index in [0.717, 1.165) is 38.4 Å². The quantitative estimate of drug-likeness (QED) is 0.513. The Hall–Kier alpha value is -2.70. The maximum absolute atomic E-state index is 10.8. The molecule has 0 atom stereocenters. The van der Waals surface area contributed by atoms with E-state index in [9.17, 15) is 15.2 Å². The summed E-state index contributed by atoms with van der Waals surface area (Å²) < 4.78 is 5.35. The minimum absolute atomic E-state index is 0.0192. The normalized spacial score (nSPS) is 15.5. The van der Waals surface area contributed by atoms with Crippen LogP contribution in [0.5, 0.6) is 5.75 Å². The first-order valence-corrected chi connectivity index (χ1v) is 8.16. The molecule has 2 aromatic carbocycles. The van der Waals surface area contributed by atoms with Gasteiger partial charge in [-0.25, -0.2) is 0 Å². The summed E-state index contributed by atoms with van der Waals surface area (Å²) in [6.45, 7) is 4.38. The lowest BCUT2D eigenvalue weighted by Crippen LogP contribution is -2.35. The zero-order valence-electron chi connectivity index (χ0n) is 13.8. The lowest BCUT2D eigenvalue weighted by Gasteiger charge is -2.26. The topological polar surface area (TPSA) is 75.8 Å². The van der Waals surface area contributed by atoms with E-state index in [1.807, 2.05) is 18.2 Å². The van der Waals surface area contributed by atoms with Crippen LogP contribution >= 0.6 is 0 Å². The fraction of sp³-hybridized carbons (Fsp3) is 0.263. The molecule has 1 saturated heterocycles. The van der Waals surface area contributed by atoms with Crippen LogP contribution in [0.25, 0.3) is 12.2 Å². The second kappa shape index (κ2) is 7.92. The third-order valence-electron chi connectivity index (χ3n) is 4.17. The van der Waals surface area contributed by atoms with Crippen molar-refractivity contribution in [2.75, 3.05) is 26.3 Å². The van der Waals surface area contributed by atoms with Gasteiger partial charge in [-0.1, -0.05) is 36.4 Å². The highest BCUT2D eigenvalue weighted by molar-refractivity contribution is 5.73. The minimum atomic E-state index is -0.475. The van der Waals surface area contributed by atoms with E-state index in [0.29, 0.717) is 5.56 Å². The van der Waals surface area contributed by atoms with Gasteiger partial charge in [0.15, 0.2) is 0 Å². The van der Waals surface area contributed by atoms with Crippen molar-refractivity contribution in [2.45, 2.75) is 6.54 Å². The summed E-state index contributed by atoms with van der Waals surface area (Å²) in [5, 5.41) is 20.7. The summed E-state index contributed by atoms with van der Waals surface area (Å²) in [5.41, 5.74) is 2.58. The molecular formula is C19H20N2O4. The van der Waals surface area contributed by atoms with Crippen molar-refractivity contribution in [1.29, 1.82) is 0 Å². The molecule has 0 spiro atoms. The molecule has 6 heteroatoms. The molecule has 25 heavy (non-hydrogen) atoms. The number of nitrogens with zero attached hydrogens (tertiary/aromatic N) is 2. The van der Waals surface area contributed by atoms with E-state index >= 15 is 0 Å². The average Bonchev–Trinajstić information content (AvgIpc) is 2.63. The Morgan fingerprint density at radius 1 is 1.12 bits per heavy atom. The third-order valence-corrected chi connectivity index (χ3v) is 4.17. The molecule has 1 N–H and O–H groups in total. The van der Waals surface area contributed by atoms with Gasteiger partial charge in [0.2, 0.25) is 0 Å². The number of aromatic hydroxyl groups is 1. The summed E-state index contributed by atoms with van der Waals surface area (Å²) in [5.74, 6) is 0.0192. The van der Waals surface area contributed by atoms with Crippen molar-refractivity contribution < 1.29 is 14.8 Å². The van der Waals surface area contributed by atoms with Gasteiger partial charge in [0, 0.05) is 37.3 Å². The number of nitro groups is 1.